The van der Waals surface area contributed by atoms with E-state index in [-0.39, 0.29) is 12.5 Å². The SMILES string of the molecule is CCC(CCO)CNC(=O)[C@H](C)N. The lowest BCUT2D eigenvalue weighted by Gasteiger charge is -2.15. The van der Waals surface area contributed by atoms with Crippen LogP contribution in [0.3, 0.4) is 0 Å². The highest BCUT2D eigenvalue weighted by atomic mass is 16.3. The van der Waals surface area contributed by atoms with Crippen molar-refractivity contribution in [2.75, 3.05) is 13.2 Å². The number of rotatable bonds is 6. The normalized spacial score (nSPS) is 15.1. The molecule has 1 unspecified atom stereocenters. The molecule has 0 bridgehead atoms. The summed E-state index contributed by atoms with van der Waals surface area (Å²) < 4.78 is 0. The topological polar surface area (TPSA) is 75.3 Å². The maximum atomic E-state index is 11.1. The average molecular weight is 188 g/mol. The standard InChI is InChI=1S/C9H20N2O2/c1-3-8(4-5-12)6-11-9(13)7(2)10/h7-8,12H,3-6,10H2,1-2H3,(H,11,13)/t7-,8?/m0/s1. The number of amides is 1. The summed E-state index contributed by atoms with van der Waals surface area (Å²) >= 11 is 0. The van der Waals surface area contributed by atoms with Gasteiger partial charge >= 0.3 is 0 Å². The van der Waals surface area contributed by atoms with Gasteiger partial charge in [0.1, 0.15) is 0 Å². The lowest BCUT2D eigenvalue weighted by molar-refractivity contribution is -0.122. The Hall–Kier alpha value is -0.610. The Labute approximate surface area is 79.5 Å². The number of nitrogens with two attached hydrogens (primary N) is 1. The molecule has 0 heterocycles. The molecule has 0 radical (unpaired) electrons. The van der Waals surface area contributed by atoms with Crippen LogP contribution >= 0.6 is 0 Å². The highest BCUT2D eigenvalue weighted by Crippen LogP contribution is 2.05. The zero-order chi connectivity index (χ0) is 10.3. The minimum atomic E-state index is -0.452. The number of hydrogen-bond donors (Lipinski definition) is 3. The first-order chi connectivity index (χ1) is 6.11. The van der Waals surface area contributed by atoms with Crippen molar-refractivity contribution in [3.63, 3.8) is 0 Å². The first-order valence-electron chi connectivity index (χ1n) is 4.76. The van der Waals surface area contributed by atoms with Gasteiger partial charge < -0.3 is 16.2 Å². The molecule has 0 aliphatic carbocycles. The zero-order valence-corrected chi connectivity index (χ0v) is 8.42. The third-order valence-corrected chi connectivity index (χ3v) is 2.09. The highest BCUT2D eigenvalue weighted by Gasteiger charge is 2.10. The highest BCUT2D eigenvalue weighted by molar-refractivity contribution is 5.80. The van der Waals surface area contributed by atoms with Gasteiger partial charge in [-0.15, -0.1) is 0 Å². The molecule has 0 fully saturated rings. The van der Waals surface area contributed by atoms with E-state index in [9.17, 15) is 4.79 Å². The predicted octanol–water partition coefficient (Wildman–Crippen LogP) is -0.142. The van der Waals surface area contributed by atoms with Crippen molar-refractivity contribution in [1.82, 2.24) is 5.32 Å². The van der Waals surface area contributed by atoms with E-state index < -0.39 is 6.04 Å². The predicted molar refractivity (Wildman–Crippen MR) is 52.1 cm³/mol. The van der Waals surface area contributed by atoms with Gasteiger partial charge in [-0.05, 0) is 19.3 Å². The molecule has 0 spiro atoms. The van der Waals surface area contributed by atoms with Gasteiger partial charge in [-0.3, -0.25) is 4.79 Å². The minimum absolute atomic E-state index is 0.128. The number of carbonyl (C=O) groups excluding carboxylic acids is 1. The quantitative estimate of drug-likeness (QED) is 0.543. The Morgan fingerprint density at radius 1 is 1.62 bits per heavy atom. The zero-order valence-electron chi connectivity index (χ0n) is 8.42. The van der Waals surface area contributed by atoms with Gasteiger partial charge in [0.2, 0.25) is 5.91 Å². The molecular weight excluding hydrogens is 168 g/mol. The fraction of sp³-hybridized carbons (Fsp3) is 0.889. The maximum Gasteiger partial charge on any atom is 0.236 e. The van der Waals surface area contributed by atoms with Gasteiger partial charge in [0.05, 0.1) is 6.04 Å². The van der Waals surface area contributed by atoms with Gasteiger partial charge in [-0.1, -0.05) is 13.3 Å². The van der Waals surface area contributed by atoms with Gasteiger partial charge in [0, 0.05) is 13.2 Å². The number of aliphatic hydroxyl groups is 1. The fourth-order valence-electron chi connectivity index (χ4n) is 1.04. The van der Waals surface area contributed by atoms with Crippen LogP contribution in [0.2, 0.25) is 0 Å². The van der Waals surface area contributed by atoms with Crippen LogP contribution in [0.5, 0.6) is 0 Å². The van der Waals surface area contributed by atoms with Crippen LogP contribution in [0.4, 0.5) is 0 Å². The molecule has 0 aromatic heterocycles. The summed E-state index contributed by atoms with van der Waals surface area (Å²) in [6, 6.07) is -0.452. The van der Waals surface area contributed by atoms with Crippen LogP contribution in [0, 0.1) is 5.92 Å². The van der Waals surface area contributed by atoms with E-state index in [0.29, 0.717) is 12.5 Å². The van der Waals surface area contributed by atoms with E-state index >= 15 is 0 Å². The molecule has 0 saturated carbocycles. The lowest BCUT2D eigenvalue weighted by atomic mass is 10.0. The first kappa shape index (κ1) is 12.4. The molecule has 2 atom stereocenters. The molecule has 0 aliphatic heterocycles. The third-order valence-electron chi connectivity index (χ3n) is 2.09. The Bertz CT molecular complexity index is 149. The number of hydrogen-bond acceptors (Lipinski definition) is 3. The number of carbonyl (C=O) groups is 1. The number of nitrogens with one attached hydrogen (secondary N) is 1. The van der Waals surface area contributed by atoms with Crippen molar-refractivity contribution in [1.29, 1.82) is 0 Å². The second kappa shape index (κ2) is 6.86. The Morgan fingerprint density at radius 3 is 2.62 bits per heavy atom. The second-order valence-electron chi connectivity index (χ2n) is 3.32. The molecule has 13 heavy (non-hydrogen) atoms. The van der Waals surface area contributed by atoms with Crippen molar-refractivity contribution >= 4 is 5.91 Å². The monoisotopic (exact) mass is 188 g/mol. The molecule has 0 aromatic rings. The molecule has 0 saturated heterocycles. The molecule has 0 aliphatic rings. The summed E-state index contributed by atoms with van der Waals surface area (Å²) in [5.74, 6) is 0.226. The summed E-state index contributed by atoms with van der Waals surface area (Å²) in [5.41, 5.74) is 5.38. The van der Waals surface area contributed by atoms with E-state index in [2.05, 4.69) is 5.32 Å². The lowest BCUT2D eigenvalue weighted by Crippen LogP contribution is -2.40. The van der Waals surface area contributed by atoms with E-state index in [0.717, 1.165) is 12.8 Å². The van der Waals surface area contributed by atoms with E-state index in [1.54, 1.807) is 6.92 Å². The largest absolute Gasteiger partial charge is 0.396 e. The average Bonchev–Trinajstić information content (AvgIpc) is 2.11. The van der Waals surface area contributed by atoms with Crippen LogP contribution in [0.1, 0.15) is 26.7 Å². The van der Waals surface area contributed by atoms with Crippen molar-refractivity contribution in [3.05, 3.63) is 0 Å². The molecule has 4 heteroatoms. The van der Waals surface area contributed by atoms with Crippen LogP contribution in [-0.2, 0) is 4.79 Å². The molecule has 4 N–H and O–H groups in total. The smallest absolute Gasteiger partial charge is 0.236 e. The van der Waals surface area contributed by atoms with Gasteiger partial charge in [-0.2, -0.15) is 0 Å². The summed E-state index contributed by atoms with van der Waals surface area (Å²) in [6.07, 6.45) is 1.69. The van der Waals surface area contributed by atoms with Crippen molar-refractivity contribution in [3.8, 4) is 0 Å². The second-order valence-corrected chi connectivity index (χ2v) is 3.32. The van der Waals surface area contributed by atoms with Crippen LogP contribution < -0.4 is 11.1 Å². The molecule has 4 nitrogen and oxygen atoms in total. The summed E-state index contributed by atoms with van der Waals surface area (Å²) in [6.45, 7) is 4.48. The minimum Gasteiger partial charge on any atom is -0.396 e. The molecule has 0 rings (SSSR count). The van der Waals surface area contributed by atoms with Gasteiger partial charge in [0.15, 0.2) is 0 Å². The van der Waals surface area contributed by atoms with Crippen molar-refractivity contribution < 1.29 is 9.90 Å². The third kappa shape index (κ3) is 5.60. The Morgan fingerprint density at radius 2 is 2.23 bits per heavy atom. The molecule has 0 aromatic carbocycles. The van der Waals surface area contributed by atoms with E-state index in [1.807, 2.05) is 6.92 Å². The Balaban J connectivity index is 3.65. The van der Waals surface area contributed by atoms with Crippen molar-refractivity contribution in [2.24, 2.45) is 11.7 Å². The summed E-state index contributed by atoms with van der Waals surface area (Å²) in [7, 11) is 0. The fourth-order valence-corrected chi connectivity index (χ4v) is 1.04. The Kier molecular flexibility index (Phi) is 6.54. The van der Waals surface area contributed by atoms with Crippen LogP contribution in [-0.4, -0.2) is 30.2 Å². The van der Waals surface area contributed by atoms with E-state index in [1.165, 1.54) is 0 Å². The van der Waals surface area contributed by atoms with Crippen LogP contribution in [0.15, 0.2) is 0 Å². The van der Waals surface area contributed by atoms with Gasteiger partial charge in [0.25, 0.3) is 0 Å². The summed E-state index contributed by atoms with van der Waals surface area (Å²) in [5, 5.41) is 11.4. The van der Waals surface area contributed by atoms with Gasteiger partial charge in [-0.25, -0.2) is 0 Å². The molecule has 78 valence electrons. The summed E-state index contributed by atoms with van der Waals surface area (Å²) in [4.78, 5) is 11.1. The van der Waals surface area contributed by atoms with Crippen molar-refractivity contribution in [2.45, 2.75) is 32.7 Å². The van der Waals surface area contributed by atoms with Crippen LogP contribution in [0.25, 0.3) is 0 Å². The van der Waals surface area contributed by atoms with E-state index in [4.69, 9.17) is 10.8 Å². The molecular formula is C9H20N2O2. The molecule has 1 amide bonds. The number of aliphatic hydroxyl groups excluding tert-OH is 1. The maximum absolute atomic E-state index is 11.1. The first-order valence-corrected chi connectivity index (χ1v) is 4.76.